The molecule has 48 heavy (non-hydrogen) atoms. The minimum absolute atomic E-state index is 0.0640. The highest BCUT2D eigenvalue weighted by molar-refractivity contribution is 6.99. The van der Waals surface area contributed by atoms with Gasteiger partial charge in [0.1, 0.15) is 12.3 Å². The number of para-hydroxylation sites is 1. The monoisotopic (exact) mass is 657 g/mol. The molecule has 1 unspecified atom stereocenters. The molecule has 5 aromatic rings. The topological polar surface area (TPSA) is 40.2 Å². The van der Waals surface area contributed by atoms with Crippen LogP contribution in [0.25, 0.3) is 0 Å². The molecular weight excluding hydrogens is 611 g/mol. The zero-order valence-electron chi connectivity index (χ0n) is 28.8. The second kappa shape index (κ2) is 14.5. The van der Waals surface area contributed by atoms with Gasteiger partial charge in [0.05, 0.1) is 20.3 Å². The number of ether oxygens (including phenoxy) is 3. The van der Waals surface area contributed by atoms with E-state index in [-0.39, 0.29) is 11.1 Å². The fourth-order valence-electron chi connectivity index (χ4n) is 7.37. The van der Waals surface area contributed by atoms with Crippen molar-refractivity contribution in [1.82, 2.24) is 4.90 Å². The summed E-state index contributed by atoms with van der Waals surface area (Å²) in [5.41, 5.74) is 1.96. The largest absolute Gasteiger partial charge is 0.493 e. The maximum absolute atomic E-state index is 7.52. The van der Waals surface area contributed by atoms with Gasteiger partial charge < -0.3 is 18.6 Å². The molecule has 6 rings (SSSR count). The van der Waals surface area contributed by atoms with Crippen LogP contribution >= 0.6 is 0 Å². The molecule has 1 fully saturated rings. The van der Waals surface area contributed by atoms with Gasteiger partial charge in [0.25, 0.3) is 8.32 Å². The van der Waals surface area contributed by atoms with E-state index in [1.54, 1.807) is 14.2 Å². The molecular formula is C42H47NO4Si. The number of methoxy groups -OCH3 is 2. The molecule has 6 heteroatoms. The van der Waals surface area contributed by atoms with Gasteiger partial charge in [-0.3, -0.25) is 4.90 Å². The summed E-state index contributed by atoms with van der Waals surface area (Å²) in [6.45, 7) is 9.07. The lowest BCUT2D eigenvalue weighted by molar-refractivity contribution is -0.0490. The normalized spacial score (nSPS) is 15.7. The van der Waals surface area contributed by atoms with E-state index in [0.717, 1.165) is 36.2 Å². The highest BCUT2D eigenvalue weighted by Crippen LogP contribution is 2.47. The van der Waals surface area contributed by atoms with Crippen LogP contribution in [-0.2, 0) is 14.8 Å². The smallest absolute Gasteiger partial charge is 0.261 e. The van der Waals surface area contributed by atoms with Crippen molar-refractivity contribution in [1.29, 1.82) is 0 Å². The lowest BCUT2D eigenvalue weighted by atomic mass is 9.79. The molecule has 248 valence electrons. The van der Waals surface area contributed by atoms with E-state index in [2.05, 4.69) is 141 Å². The predicted molar refractivity (Wildman–Crippen MR) is 197 cm³/mol. The zero-order valence-corrected chi connectivity index (χ0v) is 29.8. The number of hydrogen-bond donors (Lipinski definition) is 0. The van der Waals surface area contributed by atoms with Crippen molar-refractivity contribution in [2.24, 2.45) is 0 Å². The first kappa shape index (κ1) is 33.7. The molecule has 1 heterocycles. The van der Waals surface area contributed by atoms with Gasteiger partial charge >= 0.3 is 0 Å². The Morgan fingerprint density at radius 3 is 1.65 bits per heavy atom. The Kier molecular flexibility index (Phi) is 10.2. The molecule has 5 aromatic carbocycles. The zero-order chi connectivity index (χ0) is 33.6. The van der Waals surface area contributed by atoms with Gasteiger partial charge in [-0.15, -0.1) is 0 Å². The Labute approximate surface area is 287 Å². The van der Waals surface area contributed by atoms with Crippen molar-refractivity contribution >= 4 is 18.7 Å². The average Bonchev–Trinajstić information content (AvgIpc) is 3.59. The van der Waals surface area contributed by atoms with Gasteiger partial charge in [0.15, 0.2) is 11.5 Å². The summed E-state index contributed by atoms with van der Waals surface area (Å²) in [6, 6.07) is 48.6. The fraction of sp³-hybridized carbons (Fsp3) is 0.286. The summed E-state index contributed by atoms with van der Waals surface area (Å²) in [5.74, 6) is 1.32. The molecule has 5 nitrogen and oxygen atoms in total. The van der Waals surface area contributed by atoms with Crippen molar-refractivity contribution in [3.05, 3.63) is 156 Å². The van der Waals surface area contributed by atoms with E-state index in [1.165, 1.54) is 10.4 Å². The van der Waals surface area contributed by atoms with Crippen molar-refractivity contribution in [3.8, 4) is 11.5 Å². The van der Waals surface area contributed by atoms with E-state index in [1.807, 2.05) is 24.3 Å². The third-order valence-corrected chi connectivity index (χ3v) is 14.7. The quantitative estimate of drug-likeness (QED) is 0.102. The molecule has 0 amide bonds. The summed E-state index contributed by atoms with van der Waals surface area (Å²) in [6.07, 6.45) is 0.995. The number of likely N-dealkylation sites (tertiary alicyclic amines) is 1. The Hall–Kier alpha value is -4.20. The summed E-state index contributed by atoms with van der Waals surface area (Å²) in [4.78, 5) is 2.38. The molecule has 0 saturated carbocycles. The fourth-order valence-corrected chi connectivity index (χ4v) is 12.1. The van der Waals surface area contributed by atoms with E-state index in [0.29, 0.717) is 18.2 Å². The molecule has 1 atom stereocenters. The third-order valence-electron chi connectivity index (χ3n) is 9.60. The van der Waals surface area contributed by atoms with Crippen LogP contribution in [0.2, 0.25) is 5.04 Å². The second-order valence-electron chi connectivity index (χ2n) is 13.5. The van der Waals surface area contributed by atoms with Crippen molar-refractivity contribution in [2.45, 2.75) is 43.9 Å². The van der Waals surface area contributed by atoms with Crippen molar-refractivity contribution in [2.75, 3.05) is 34.0 Å². The van der Waals surface area contributed by atoms with Gasteiger partial charge in [-0.1, -0.05) is 154 Å². The van der Waals surface area contributed by atoms with Crippen LogP contribution in [0, 0.1) is 0 Å². The van der Waals surface area contributed by atoms with Gasteiger partial charge in [-0.2, -0.15) is 0 Å². The standard InChI is InChI=1S/C42H47NO4Si/c1-41(2,3)48(36-23-14-8-15-24-36,37-25-16-9-17-26-37)47-35-29-30-43(31-35)32-46-42(33-19-10-6-11-20-33,34-21-12-7-13-22-34)38-27-18-28-39(44-4)40(38)45-5/h6-28,35H,29-32H2,1-5H3. The Balaban J connectivity index is 1.36. The van der Waals surface area contributed by atoms with Gasteiger partial charge in [0, 0.05) is 18.7 Å². The second-order valence-corrected chi connectivity index (χ2v) is 17.7. The maximum Gasteiger partial charge on any atom is 0.261 e. The highest BCUT2D eigenvalue weighted by atomic mass is 28.4. The molecule has 0 aromatic heterocycles. The summed E-state index contributed by atoms with van der Waals surface area (Å²) < 4.78 is 26.6. The summed E-state index contributed by atoms with van der Waals surface area (Å²) in [7, 11) is 0.680. The van der Waals surface area contributed by atoms with E-state index < -0.39 is 13.9 Å². The number of hydrogen-bond acceptors (Lipinski definition) is 5. The Morgan fingerprint density at radius 1 is 0.646 bits per heavy atom. The summed E-state index contributed by atoms with van der Waals surface area (Å²) in [5, 5.41) is 2.52. The molecule has 0 bridgehead atoms. The highest BCUT2D eigenvalue weighted by Gasteiger charge is 2.52. The van der Waals surface area contributed by atoms with Crippen LogP contribution in [0.5, 0.6) is 11.5 Å². The maximum atomic E-state index is 7.52. The third kappa shape index (κ3) is 6.33. The van der Waals surface area contributed by atoms with Gasteiger partial charge in [-0.05, 0) is 39.0 Å². The minimum Gasteiger partial charge on any atom is -0.493 e. The van der Waals surface area contributed by atoms with E-state index in [4.69, 9.17) is 18.6 Å². The molecule has 1 saturated heterocycles. The summed E-state index contributed by atoms with van der Waals surface area (Å²) >= 11 is 0. The van der Waals surface area contributed by atoms with Gasteiger partial charge in [-0.25, -0.2) is 0 Å². The van der Waals surface area contributed by atoms with Crippen LogP contribution in [0.1, 0.15) is 43.9 Å². The van der Waals surface area contributed by atoms with Crippen LogP contribution in [0.4, 0.5) is 0 Å². The van der Waals surface area contributed by atoms with Crippen LogP contribution in [0.15, 0.2) is 140 Å². The molecule has 0 radical (unpaired) electrons. The molecule has 0 spiro atoms. The van der Waals surface area contributed by atoms with Crippen molar-refractivity contribution < 1.29 is 18.6 Å². The number of benzene rings is 5. The van der Waals surface area contributed by atoms with Crippen LogP contribution < -0.4 is 19.8 Å². The van der Waals surface area contributed by atoms with E-state index >= 15 is 0 Å². The first-order chi connectivity index (χ1) is 23.3. The molecule has 1 aliphatic heterocycles. The van der Waals surface area contributed by atoms with E-state index in [9.17, 15) is 0 Å². The predicted octanol–water partition coefficient (Wildman–Crippen LogP) is 7.62. The average molecular weight is 658 g/mol. The molecule has 0 aliphatic carbocycles. The van der Waals surface area contributed by atoms with Crippen molar-refractivity contribution in [3.63, 3.8) is 0 Å². The number of rotatable bonds is 12. The minimum atomic E-state index is -2.68. The lowest BCUT2D eigenvalue weighted by Crippen LogP contribution is -2.67. The van der Waals surface area contributed by atoms with Gasteiger partial charge in [0.2, 0.25) is 0 Å². The lowest BCUT2D eigenvalue weighted by Gasteiger charge is -2.44. The first-order valence-corrected chi connectivity index (χ1v) is 18.7. The molecule has 1 aliphatic rings. The van der Waals surface area contributed by atoms with Crippen LogP contribution in [-0.4, -0.2) is 53.4 Å². The Morgan fingerprint density at radius 2 is 1.17 bits per heavy atom. The first-order valence-electron chi connectivity index (χ1n) is 16.8. The number of nitrogens with zero attached hydrogens (tertiary/aromatic N) is 1. The van der Waals surface area contributed by atoms with Crippen LogP contribution in [0.3, 0.4) is 0 Å². The SMILES string of the molecule is COc1cccc(C(OCN2CCC(O[Si](c3ccccc3)(c3ccccc3)C(C)(C)C)C2)(c2ccccc2)c2ccccc2)c1OC. The molecule has 0 N–H and O–H groups in total. The Bertz CT molecular complexity index is 1660.